The summed E-state index contributed by atoms with van der Waals surface area (Å²) in [5.41, 5.74) is 2.58. The molecule has 4 heteroatoms. The highest BCUT2D eigenvalue weighted by atomic mass is 16.3. The molecule has 0 saturated heterocycles. The van der Waals surface area contributed by atoms with Crippen LogP contribution in [0.25, 0.3) is 0 Å². The van der Waals surface area contributed by atoms with Crippen LogP contribution in [0.5, 0.6) is 5.75 Å². The van der Waals surface area contributed by atoms with Crippen molar-refractivity contribution in [3.63, 3.8) is 0 Å². The smallest absolute Gasteiger partial charge is 0.138 e. The standard InChI is InChI=1S/C16H20N2O2/c1-12-7-8-16(20)15(18-12)11-17-10-14(19)9-13-5-3-2-4-6-13/h2-8,14,17,19-20H,9-11H2,1H3. The van der Waals surface area contributed by atoms with Crippen LogP contribution in [0.1, 0.15) is 17.0 Å². The average Bonchev–Trinajstić information content (AvgIpc) is 2.44. The number of rotatable bonds is 6. The molecular formula is C16H20N2O2. The Morgan fingerprint density at radius 2 is 1.90 bits per heavy atom. The zero-order valence-electron chi connectivity index (χ0n) is 11.6. The van der Waals surface area contributed by atoms with Crippen LogP contribution < -0.4 is 5.32 Å². The van der Waals surface area contributed by atoms with Gasteiger partial charge in [0, 0.05) is 18.8 Å². The Morgan fingerprint density at radius 1 is 1.15 bits per heavy atom. The number of benzene rings is 1. The van der Waals surface area contributed by atoms with Gasteiger partial charge in [0.05, 0.1) is 11.8 Å². The van der Waals surface area contributed by atoms with Crippen molar-refractivity contribution in [3.05, 3.63) is 59.4 Å². The van der Waals surface area contributed by atoms with E-state index < -0.39 is 6.10 Å². The van der Waals surface area contributed by atoms with Gasteiger partial charge in [-0.25, -0.2) is 0 Å². The van der Waals surface area contributed by atoms with Gasteiger partial charge in [0.1, 0.15) is 5.75 Å². The van der Waals surface area contributed by atoms with Gasteiger partial charge in [-0.05, 0) is 31.0 Å². The van der Waals surface area contributed by atoms with Crippen molar-refractivity contribution in [2.75, 3.05) is 6.54 Å². The lowest BCUT2D eigenvalue weighted by molar-refractivity contribution is 0.171. The molecule has 0 saturated carbocycles. The van der Waals surface area contributed by atoms with Gasteiger partial charge in [0.15, 0.2) is 0 Å². The van der Waals surface area contributed by atoms with Crippen molar-refractivity contribution in [3.8, 4) is 5.75 Å². The Hall–Kier alpha value is -1.91. The SMILES string of the molecule is Cc1ccc(O)c(CNCC(O)Cc2ccccc2)n1. The lowest BCUT2D eigenvalue weighted by atomic mass is 10.1. The Morgan fingerprint density at radius 3 is 2.65 bits per heavy atom. The summed E-state index contributed by atoms with van der Waals surface area (Å²) in [6.07, 6.45) is 0.158. The van der Waals surface area contributed by atoms with Crippen LogP contribution in [0.15, 0.2) is 42.5 Å². The van der Waals surface area contributed by atoms with Crippen molar-refractivity contribution in [1.29, 1.82) is 0 Å². The molecule has 4 nitrogen and oxygen atoms in total. The normalized spacial score (nSPS) is 12.3. The Balaban J connectivity index is 1.79. The zero-order valence-corrected chi connectivity index (χ0v) is 11.6. The molecule has 0 aliphatic rings. The fourth-order valence-corrected chi connectivity index (χ4v) is 2.05. The van der Waals surface area contributed by atoms with Crippen molar-refractivity contribution in [1.82, 2.24) is 10.3 Å². The summed E-state index contributed by atoms with van der Waals surface area (Å²) in [4.78, 5) is 4.26. The molecule has 1 atom stereocenters. The second kappa shape index (κ2) is 7.03. The van der Waals surface area contributed by atoms with Crippen molar-refractivity contribution in [2.24, 2.45) is 0 Å². The number of aliphatic hydroxyl groups excluding tert-OH is 1. The first kappa shape index (κ1) is 14.5. The number of hydrogen-bond acceptors (Lipinski definition) is 4. The van der Waals surface area contributed by atoms with Gasteiger partial charge in [0.25, 0.3) is 0 Å². The second-order valence-corrected chi connectivity index (χ2v) is 4.89. The van der Waals surface area contributed by atoms with Gasteiger partial charge >= 0.3 is 0 Å². The highest BCUT2D eigenvalue weighted by molar-refractivity contribution is 5.27. The van der Waals surface area contributed by atoms with E-state index in [0.29, 0.717) is 25.2 Å². The molecule has 0 aliphatic carbocycles. The van der Waals surface area contributed by atoms with Gasteiger partial charge in [0.2, 0.25) is 0 Å². The molecule has 106 valence electrons. The molecule has 2 aromatic rings. The maximum Gasteiger partial charge on any atom is 0.138 e. The van der Waals surface area contributed by atoms with Gasteiger partial charge in [-0.1, -0.05) is 30.3 Å². The number of nitrogens with zero attached hydrogens (tertiary/aromatic N) is 1. The summed E-state index contributed by atoms with van der Waals surface area (Å²) < 4.78 is 0. The number of aromatic hydroxyl groups is 1. The molecule has 0 fully saturated rings. The van der Waals surface area contributed by atoms with Gasteiger partial charge in [-0.15, -0.1) is 0 Å². The molecule has 1 heterocycles. The van der Waals surface area contributed by atoms with Crippen LogP contribution in [-0.4, -0.2) is 27.8 Å². The number of nitrogens with one attached hydrogen (secondary N) is 1. The first-order valence-corrected chi connectivity index (χ1v) is 6.73. The summed E-state index contributed by atoms with van der Waals surface area (Å²) in [7, 11) is 0. The highest BCUT2D eigenvalue weighted by Gasteiger charge is 2.07. The first-order valence-electron chi connectivity index (χ1n) is 6.73. The average molecular weight is 272 g/mol. The minimum atomic E-state index is -0.454. The number of hydrogen-bond donors (Lipinski definition) is 3. The highest BCUT2D eigenvalue weighted by Crippen LogP contribution is 2.14. The Kier molecular flexibility index (Phi) is 5.09. The summed E-state index contributed by atoms with van der Waals surface area (Å²) in [5.74, 6) is 0.181. The number of aliphatic hydroxyl groups is 1. The minimum Gasteiger partial charge on any atom is -0.506 e. The topological polar surface area (TPSA) is 65.4 Å². The molecule has 0 bridgehead atoms. The lowest BCUT2D eigenvalue weighted by Crippen LogP contribution is -2.28. The maximum atomic E-state index is 9.96. The minimum absolute atomic E-state index is 0.181. The van der Waals surface area contributed by atoms with Gasteiger partial charge in [-0.2, -0.15) is 0 Å². The van der Waals surface area contributed by atoms with Crippen LogP contribution in [0.2, 0.25) is 0 Å². The second-order valence-electron chi connectivity index (χ2n) is 4.89. The third-order valence-corrected chi connectivity index (χ3v) is 3.08. The molecule has 2 rings (SSSR count). The molecule has 1 aromatic heterocycles. The largest absolute Gasteiger partial charge is 0.506 e. The predicted molar refractivity (Wildman–Crippen MR) is 78.5 cm³/mol. The quantitative estimate of drug-likeness (QED) is 0.750. The van der Waals surface area contributed by atoms with Crippen LogP contribution in [0.4, 0.5) is 0 Å². The molecule has 20 heavy (non-hydrogen) atoms. The van der Waals surface area contributed by atoms with E-state index in [-0.39, 0.29) is 5.75 Å². The van der Waals surface area contributed by atoms with Crippen molar-refractivity contribution >= 4 is 0 Å². The van der Waals surface area contributed by atoms with E-state index in [1.165, 1.54) is 0 Å². The van der Waals surface area contributed by atoms with Crippen LogP contribution in [0, 0.1) is 6.92 Å². The van der Waals surface area contributed by atoms with E-state index >= 15 is 0 Å². The van der Waals surface area contributed by atoms with E-state index in [0.717, 1.165) is 11.3 Å². The lowest BCUT2D eigenvalue weighted by Gasteiger charge is -2.12. The van der Waals surface area contributed by atoms with E-state index in [2.05, 4.69) is 10.3 Å². The van der Waals surface area contributed by atoms with Crippen molar-refractivity contribution in [2.45, 2.75) is 26.0 Å². The van der Waals surface area contributed by atoms with E-state index in [9.17, 15) is 10.2 Å². The van der Waals surface area contributed by atoms with E-state index in [1.54, 1.807) is 12.1 Å². The molecular weight excluding hydrogens is 252 g/mol. The van der Waals surface area contributed by atoms with Crippen LogP contribution in [-0.2, 0) is 13.0 Å². The van der Waals surface area contributed by atoms with Gasteiger partial charge < -0.3 is 15.5 Å². The predicted octanol–water partition coefficient (Wildman–Crippen LogP) is 1.79. The third-order valence-electron chi connectivity index (χ3n) is 3.08. The molecule has 1 unspecified atom stereocenters. The van der Waals surface area contributed by atoms with E-state index in [4.69, 9.17) is 0 Å². The van der Waals surface area contributed by atoms with E-state index in [1.807, 2.05) is 37.3 Å². The zero-order chi connectivity index (χ0) is 14.4. The maximum absolute atomic E-state index is 9.96. The summed E-state index contributed by atoms with van der Waals surface area (Å²) in [5, 5.41) is 22.7. The van der Waals surface area contributed by atoms with Crippen LogP contribution in [0.3, 0.4) is 0 Å². The third kappa shape index (κ3) is 4.33. The summed E-state index contributed by atoms with van der Waals surface area (Å²) in [6, 6.07) is 13.3. The first-order chi connectivity index (χ1) is 9.65. The number of aromatic nitrogens is 1. The molecule has 0 aliphatic heterocycles. The van der Waals surface area contributed by atoms with Crippen LogP contribution >= 0.6 is 0 Å². The monoisotopic (exact) mass is 272 g/mol. The summed E-state index contributed by atoms with van der Waals surface area (Å²) in [6.45, 7) is 2.79. The number of aryl methyl sites for hydroxylation is 1. The molecule has 0 radical (unpaired) electrons. The Bertz CT molecular complexity index is 543. The van der Waals surface area contributed by atoms with Crippen molar-refractivity contribution < 1.29 is 10.2 Å². The molecule has 1 aromatic carbocycles. The fraction of sp³-hybridized carbons (Fsp3) is 0.312. The number of pyridine rings is 1. The Labute approximate surface area is 119 Å². The van der Waals surface area contributed by atoms with Gasteiger partial charge in [-0.3, -0.25) is 4.98 Å². The molecule has 0 amide bonds. The molecule has 3 N–H and O–H groups in total. The fourth-order valence-electron chi connectivity index (χ4n) is 2.05. The summed E-state index contributed by atoms with van der Waals surface area (Å²) >= 11 is 0. The molecule has 0 spiro atoms.